The van der Waals surface area contributed by atoms with Crippen LogP contribution in [-0.4, -0.2) is 5.11 Å². The lowest BCUT2D eigenvalue weighted by Gasteiger charge is -2.32. The molecule has 138 valence electrons. The first kappa shape index (κ1) is 18.1. The maximum atomic E-state index is 14.0. The second-order valence-electron chi connectivity index (χ2n) is 6.64. The lowest BCUT2D eigenvalue weighted by atomic mass is 9.77. The van der Waals surface area contributed by atoms with Crippen LogP contribution < -0.4 is 0 Å². The zero-order valence-electron chi connectivity index (χ0n) is 15.0. The molecule has 0 bridgehead atoms. The molecule has 0 spiro atoms. The van der Waals surface area contributed by atoms with Gasteiger partial charge in [0.25, 0.3) is 0 Å². The van der Waals surface area contributed by atoms with Gasteiger partial charge in [-0.05, 0) is 46.5 Å². The molecule has 4 aromatic carbocycles. The van der Waals surface area contributed by atoms with Gasteiger partial charge in [0.1, 0.15) is 17.2 Å². The maximum absolute atomic E-state index is 14.0. The van der Waals surface area contributed by atoms with Gasteiger partial charge in [-0.15, -0.1) is 0 Å². The number of benzene rings is 4. The third-order valence-corrected chi connectivity index (χ3v) is 4.89. The molecule has 0 aromatic heterocycles. The highest BCUT2D eigenvalue weighted by Gasteiger charge is 2.36. The van der Waals surface area contributed by atoms with Crippen molar-refractivity contribution in [2.75, 3.05) is 0 Å². The molecule has 0 aliphatic carbocycles. The van der Waals surface area contributed by atoms with E-state index in [-0.39, 0.29) is 0 Å². The second-order valence-corrected chi connectivity index (χ2v) is 6.64. The highest BCUT2D eigenvalue weighted by atomic mass is 19.1. The number of hydrogen-bond acceptors (Lipinski definition) is 1. The molecule has 1 N–H and O–H groups in total. The second kappa shape index (κ2) is 7.37. The van der Waals surface area contributed by atoms with E-state index in [9.17, 15) is 13.9 Å². The summed E-state index contributed by atoms with van der Waals surface area (Å²) in [5.41, 5.74) is 1.19. The largest absolute Gasteiger partial charge is 0.376 e. The van der Waals surface area contributed by atoms with Crippen molar-refractivity contribution < 1.29 is 13.9 Å². The number of hydrogen-bond donors (Lipinski definition) is 1. The van der Waals surface area contributed by atoms with Crippen molar-refractivity contribution in [3.8, 4) is 11.1 Å². The Labute approximate surface area is 162 Å². The van der Waals surface area contributed by atoms with Crippen molar-refractivity contribution in [3.05, 3.63) is 131 Å². The summed E-state index contributed by atoms with van der Waals surface area (Å²) in [6, 6.07) is 28.6. The van der Waals surface area contributed by atoms with Crippen LogP contribution in [0.1, 0.15) is 16.7 Å². The summed E-state index contributed by atoms with van der Waals surface area (Å²) >= 11 is 0. The number of rotatable bonds is 4. The van der Waals surface area contributed by atoms with Gasteiger partial charge in [-0.3, -0.25) is 0 Å². The number of aliphatic hydroxyl groups is 1. The monoisotopic (exact) mass is 372 g/mol. The molecule has 0 unspecified atom stereocenters. The van der Waals surface area contributed by atoms with E-state index in [1.54, 1.807) is 30.3 Å². The molecule has 0 fully saturated rings. The molecular formula is C25H18F2O. The van der Waals surface area contributed by atoms with Gasteiger partial charge < -0.3 is 5.11 Å². The Morgan fingerprint density at radius 2 is 1.11 bits per heavy atom. The van der Waals surface area contributed by atoms with Crippen LogP contribution in [0.5, 0.6) is 0 Å². The lowest BCUT2D eigenvalue weighted by Crippen LogP contribution is -2.30. The summed E-state index contributed by atoms with van der Waals surface area (Å²) < 4.78 is 28.1. The fraction of sp³-hybridized carbons (Fsp3) is 0.0400. The number of halogens is 2. The average Bonchev–Trinajstić information content (AvgIpc) is 2.74. The van der Waals surface area contributed by atoms with E-state index >= 15 is 0 Å². The summed E-state index contributed by atoms with van der Waals surface area (Å²) in [6.07, 6.45) is 0. The molecule has 0 aliphatic rings. The third-order valence-electron chi connectivity index (χ3n) is 4.89. The van der Waals surface area contributed by atoms with Crippen LogP contribution in [0.2, 0.25) is 0 Å². The Hall–Kier alpha value is -3.30. The van der Waals surface area contributed by atoms with Crippen molar-refractivity contribution in [2.24, 2.45) is 0 Å². The van der Waals surface area contributed by atoms with Crippen molar-refractivity contribution in [1.29, 1.82) is 0 Å². The molecule has 3 heteroatoms. The fourth-order valence-electron chi connectivity index (χ4n) is 3.57. The Balaban J connectivity index is 2.04. The van der Waals surface area contributed by atoms with E-state index < -0.39 is 17.2 Å². The molecule has 0 aliphatic heterocycles. The van der Waals surface area contributed by atoms with Gasteiger partial charge in [-0.25, -0.2) is 8.78 Å². The van der Waals surface area contributed by atoms with Crippen LogP contribution in [-0.2, 0) is 5.60 Å². The van der Waals surface area contributed by atoms with Crippen molar-refractivity contribution >= 4 is 0 Å². The average molecular weight is 372 g/mol. The molecule has 0 atom stereocenters. The van der Waals surface area contributed by atoms with Crippen LogP contribution in [0.4, 0.5) is 8.78 Å². The molecular weight excluding hydrogens is 354 g/mol. The standard InChI is InChI=1S/C25H18F2O/c26-21-12-6-10-19(16-21)25(28,20-11-7-13-22(27)17-20)24-15-5-4-14-23(24)18-8-2-1-3-9-18/h1-17,28H. The molecule has 0 heterocycles. The zero-order valence-corrected chi connectivity index (χ0v) is 15.0. The molecule has 4 aromatic rings. The Bertz CT molecular complexity index is 1060. The first-order valence-electron chi connectivity index (χ1n) is 8.98. The summed E-state index contributed by atoms with van der Waals surface area (Å²) in [6.45, 7) is 0. The maximum Gasteiger partial charge on any atom is 0.141 e. The van der Waals surface area contributed by atoms with Gasteiger partial charge in [0.05, 0.1) is 0 Å². The van der Waals surface area contributed by atoms with Gasteiger partial charge in [0.15, 0.2) is 0 Å². The van der Waals surface area contributed by atoms with E-state index in [0.717, 1.165) is 11.1 Å². The molecule has 0 radical (unpaired) electrons. The minimum absolute atomic E-state index is 0.335. The summed E-state index contributed by atoms with van der Waals surface area (Å²) in [5.74, 6) is -0.936. The SMILES string of the molecule is OC(c1cccc(F)c1)(c1cccc(F)c1)c1ccccc1-c1ccccc1. The lowest BCUT2D eigenvalue weighted by molar-refractivity contribution is 0.125. The highest BCUT2D eigenvalue weighted by Crippen LogP contribution is 2.41. The van der Waals surface area contributed by atoms with E-state index in [0.29, 0.717) is 16.7 Å². The van der Waals surface area contributed by atoms with Crippen LogP contribution in [0.15, 0.2) is 103 Å². The van der Waals surface area contributed by atoms with Gasteiger partial charge >= 0.3 is 0 Å². The first-order valence-corrected chi connectivity index (χ1v) is 8.98. The predicted molar refractivity (Wildman–Crippen MR) is 107 cm³/mol. The smallest absolute Gasteiger partial charge is 0.141 e. The fourth-order valence-corrected chi connectivity index (χ4v) is 3.57. The predicted octanol–water partition coefficient (Wildman–Crippen LogP) is 5.92. The van der Waals surface area contributed by atoms with Crippen LogP contribution in [0.25, 0.3) is 11.1 Å². The van der Waals surface area contributed by atoms with E-state index in [1.807, 2.05) is 48.5 Å². The van der Waals surface area contributed by atoms with Crippen LogP contribution >= 0.6 is 0 Å². The molecule has 0 amide bonds. The quantitative estimate of drug-likeness (QED) is 0.441. The van der Waals surface area contributed by atoms with E-state index in [2.05, 4.69) is 0 Å². The minimum Gasteiger partial charge on any atom is -0.376 e. The van der Waals surface area contributed by atoms with E-state index in [4.69, 9.17) is 0 Å². The Kier molecular flexibility index (Phi) is 4.76. The summed E-state index contributed by atoms with van der Waals surface area (Å²) in [4.78, 5) is 0. The zero-order chi connectivity index (χ0) is 19.6. The molecule has 1 nitrogen and oxygen atoms in total. The molecule has 4 rings (SSSR count). The van der Waals surface area contributed by atoms with Crippen LogP contribution in [0, 0.1) is 11.6 Å². The van der Waals surface area contributed by atoms with E-state index in [1.165, 1.54) is 24.3 Å². The Morgan fingerprint density at radius 1 is 0.571 bits per heavy atom. The van der Waals surface area contributed by atoms with Crippen molar-refractivity contribution in [3.63, 3.8) is 0 Å². The summed E-state index contributed by atoms with van der Waals surface area (Å²) in [5, 5.41) is 12.0. The third kappa shape index (κ3) is 3.21. The van der Waals surface area contributed by atoms with Gasteiger partial charge in [-0.2, -0.15) is 0 Å². The van der Waals surface area contributed by atoms with Crippen molar-refractivity contribution in [2.45, 2.75) is 5.60 Å². The first-order chi connectivity index (χ1) is 13.6. The van der Waals surface area contributed by atoms with Crippen LogP contribution in [0.3, 0.4) is 0 Å². The van der Waals surface area contributed by atoms with Crippen molar-refractivity contribution in [1.82, 2.24) is 0 Å². The van der Waals surface area contributed by atoms with Gasteiger partial charge in [-0.1, -0.05) is 78.9 Å². The highest BCUT2D eigenvalue weighted by molar-refractivity contribution is 5.71. The molecule has 28 heavy (non-hydrogen) atoms. The molecule has 0 saturated heterocycles. The molecule has 0 saturated carbocycles. The summed E-state index contributed by atoms with van der Waals surface area (Å²) in [7, 11) is 0. The minimum atomic E-state index is -1.73. The van der Waals surface area contributed by atoms with Gasteiger partial charge in [0.2, 0.25) is 0 Å². The Morgan fingerprint density at radius 3 is 1.68 bits per heavy atom. The normalized spacial score (nSPS) is 11.4. The topological polar surface area (TPSA) is 20.2 Å². The van der Waals surface area contributed by atoms with Gasteiger partial charge in [0, 0.05) is 5.56 Å².